The summed E-state index contributed by atoms with van der Waals surface area (Å²) in [5, 5.41) is 12.6. The average molecular weight is 477 g/mol. The van der Waals surface area contributed by atoms with Gasteiger partial charge in [-0.2, -0.15) is 0 Å². The van der Waals surface area contributed by atoms with Crippen molar-refractivity contribution in [2.24, 2.45) is 0 Å². The Morgan fingerprint density at radius 2 is 1.71 bits per heavy atom. The summed E-state index contributed by atoms with van der Waals surface area (Å²) in [5.74, 6) is -1.44. The van der Waals surface area contributed by atoms with E-state index in [1.165, 1.54) is 4.90 Å². The predicted molar refractivity (Wildman–Crippen MR) is 126 cm³/mol. The predicted octanol–water partition coefficient (Wildman–Crippen LogP) is 3.29. The highest BCUT2D eigenvalue weighted by molar-refractivity contribution is 5.94. The van der Waals surface area contributed by atoms with Crippen LogP contribution in [0.15, 0.2) is 48.5 Å². The Bertz CT molecular complexity index is 1150. The monoisotopic (exact) mass is 476 g/mol. The number of fused-ring (bicyclic) bond motifs is 4. The van der Waals surface area contributed by atoms with Crippen LogP contribution < -0.4 is 5.32 Å². The maximum Gasteiger partial charge on any atom is 0.408 e. The second kappa shape index (κ2) is 8.37. The van der Waals surface area contributed by atoms with E-state index < -0.39 is 23.6 Å². The van der Waals surface area contributed by atoms with Crippen LogP contribution in [0, 0.1) is 0 Å². The van der Waals surface area contributed by atoms with Crippen LogP contribution in [0.4, 0.5) is 4.79 Å². The minimum atomic E-state index is -1.12. The van der Waals surface area contributed by atoms with Crippen LogP contribution in [0.25, 0.3) is 11.1 Å². The molecule has 2 N–H and O–H groups in total. The third-order valence-electron chi connectivity index (χ3n) is 8.14. The molecule has 2 heterocycles. The molecular weight excluding hydrogens is 448 g/mol. The summed E-state index contributed by atoms with van der Waals surface area (Å²) in [7, 11) is 0. The summed E-state index contributed by atoms with van der Waals surface area (Å²) in [4.78, 5) is 40.0. The van der Waals surface area contributed by atoms with Crippen molar-refractivity contribution in [3.8, 4) is 11.1 Å². The van der Waals surface area contributed by atoms with Gasteiger partial charge in [-0.15, -0.1) is 0 Å². The summed E-state index contributed by atoms with van der Waals surface area (Å²) < 4.78 is 11.3. The van der Waals surface area contributed by atoms with E-state index in [4.69, 9.17) is 9.47 Å². The van der Waals surface area contributed by atoms with Crippen LogP contribution in [-0.2, 0) is 19.1 Å². The molecule has 2 aromatic carbocycles. The van der Waals surface area contributed by atoms with Gasteiger partial charge in [0, 0.05) is 18.9 Å². The number of carbonyl (C=O) groups is 3. The Morgan fingerprint density at radius 3 is 2.31 bits per heavy atom. The molecule has 182 valence electrons. The topological polar surface area (TPSA) is 105 Å². The van der Waals surface area contributed by atoms with Gasteiger partial charge in [-0.1, -0.05) is 48.5 Å². The summed E-state index contributed by atoms with van der Waals surface area (Å²) in [6.45, 7) is 0.669. The van der Waals surface area contributed by atoms with Crippen molar-refractivity contribution in [2.75, 3.05) is 13.2 Å². The van der Waals surface area contributed by atoms with Crippen molar-refractivity contribution < 1.29 is 29.0 Å². The first-order chi connectivity index (χ1) is 17.0. The maximum atomic E-state index is 13.7. The van der Waals surface area contributed by atoms with Gasteiger partial charge in [0.05, 0.1) is 12.1 Å². The Kier molecular flexibility index (Phi) is 5.29. The molecule has 8 heteroatoms. The van der Waals surface area contributed by atoms with E-state index in [0.29, 0.717) is 25.9 Å². The van der Waals surface area contributed by atoms with Crippen LogP contribution in [-0.4, -0.2) is 64.9 Å². The fraction of sp³-hybridized carbons (Fsp3) is 0.444. The Hall–Kier alpha value is -3.39. The zero-order chi connectivity index (χ0) is 24.2. The number of nitrogens with zero attached hydrogens (tertiary/aromatic N) is 1. The molecule has 1 saturated carbocycles. The Morgan fingerprint density at radius 1 is 1.06 bits per heavy atom. The number of carboxylic acid groups (broad SMARTS) is 1. The molecule has 2 saturated heterocycles. The van der Waals surface area contributed by atoms with Gasteiger partial charge in [0.1, 0.15) is 18.2 Å². The van der Waals surface area contributed by atoms with E-state index in [9.17, 15) is 19.5 Å². The molecule has 0 aromatic heterocycles. The number of aliphatic carboxylic acids is 1. The lowest BCUT2D eigenvalue weighted by Crippen LogP contribution is -2.66. The molecule has 6 rings (SSSR count). The molecule has 2 amide bonds. The zero-order valence-corrected chi connectivity index (χ0v) is 19.3. The summed E-state index contributed by atoms with van der Waals surface area (Å²) in [6, 6.07) is 15.0. The maximum absolute atomic E-state index is 13.7. The van der Waals surface area contributed by atoms with Crippen molar-refractivity contribution in [1.82, 2.24) is 10.2 Å². The first kappa shape index (κ1) is 22.1. The lowest BCUT2D eigenvalue weighted by atomic mass is 9.75. The van der Waals surface area contributed by atoms with Crippen molar-refractivity contribution in [3.63, 3.8) is 0 Å². The van der Waals surface area contributed by atoms with E-state index in [0.717, 1.165) is 28.7 Å². The number of rotatable bonds is 5. The largest absolute Gasteiger partial charge is 0.480 e. The van der Waals surface area contributed by atoms with Crippen molar-refractivity contribution in [2.45, 2.75) is 61.7 Å². The summed E-state index contributed by atoms with van der Waals surface area (Å²) in [5.41, 5.74) is 3.40. The van der Waals surface area contributed by atoms with Gasteiger partial charge >= 0.3 is 12.1 Å². The van der Waals surface area contributed by atoms with Crippen molar-refractivity contribution >= 4 is 18.0 Å². The van der Waals surface area contributed by atoms with Crippen LogP contribution in [0.2, 0.25) is 0 Å². The second-order valence-electron chi connectivity index (χ2n) is 9.95. The van der Waals surface area contributed by atoms with E-state index in [2.05, 4.69) is 29.6 Å². The number of carbonyl (C=O) groups excluding carboxylic acids is 2. The number of amides is 2. The van der Waals surface area contributed by atoms with Crippen molar-refractivity contribution in [1.29, 1.82) is 0 Å². The van der Waals surface area contributed by atoms with Gasteiger partial charge in [-0.05, 0) is 47.9 Å². The molecule has 3 fully saturated rings. The van der Waals surface area contributed by atoms with Crippen molar-refractivity contribution in [3.05, 3.63) is 59.7 Å². The van der Waals surface area contributed by atoms with E-state index in [-0.39, 0.29) is 37.0 Å². The Balaban J connectivity index is 1.17. The minimum Gasteiger partial charge on any atom is -0.480 e. The number of alkyl carbamates (subject to hydrolysis) is 1. The minimum absolute atomic E-state index is 0.0763. The average Bonchev–Trinajstić information content (AvgIpc) is 3.51. The van der Waals surface area contributed by atoms with Gasteiger partial charge in [0.15, 0.2) is 0 Å². The third kappa shape index (κ3) is 3.50. The number of nitrogens with one attached hydrogen (secondary N) is 1. The molecule has 3 unspecified atom stereocenters. The van der Waals surface area contributed by atoms with Gasteiger partial charge in [-0.3, -0.25) is 4.79 Å². The summed E-state index contributed by atoms with van der Waals surface area (Å²) >= 11 is 0. The molecule has 8 nitrogen and oxygen atoms in total. The third-order valence-corrected chi connectivity index (χ3v) is 8.14. The van der Waals surface area contributed by atoms with E-state index in [1.807, 2.05) is 24.3 Å². The quantitative estimate of drug-likeness (QED) is 0.686. The second-order valence-corrected chi connectivity index (χ2v) is 9.95. The molecule has 4 aliphatic rings. The fourth-order valence-corrected chi connectivity index (χ4v) is 6.26. The first-order valence-corrected chi connectivity index (χ1v) is 12.3. The van der Waals surface area contributed by atoms with Gasteiger partial charge < -0.3 is 24.8 Å². The van der Waals surface area contributed by atoms with Crippen LogP contribution in [0.1, 0.15) is 49.1 Å². The van der Waals surface area contributed by atoms with Crippen LogP contribution in [0.5, 0.6) is 0 Å². The Labute approximate surface area is 203 Å². The molecule has 35 heavy (non-hydrogen) atoms. The molecule has 0 bridgehead atoms. The smallest absolute Gasteiger partial charge is 0.408 e. The van der Waals surface area contributed by atoms with E-state index >= 15 is 0 Å². The molecule has 2 aromatic rings. The van der Waals surface area contributed by atoms with E-state index in [1.54, 1.807) is 0 Å². The molecular formula is C27H28N2O6. The lowest BCUT2D eigenvalue weighted by Gasteiger charge is -2.44. The first-order valence-electron chi connectivity index (χ1n) is 12.3. The van der Waals surface area contributed by atoms with Gasteiger partial charge in [0.25, 0.3) is 0 Å². The number of ether oxygens (including phenoxy) is 2. The summed E-state index contributed by atoms with van der Waals surface area (Å²) in [6.07, 6.45) is 1.71. The number of carboxylic acids is 1. The van der Waals surface area contributed by atoms with Crippen LogP contribution >= 0.6 is 0 Å². The molecule has 3 atom stereocenters. The normalized spacial score (nSPS) is 25.8. The van der Waals surface area contributed by atoms with Gasteiger partial charge in [-0.25, -0.2) is 9.59 Å². The standard InChI is InChI=1S/C27H28N2O6/c30-24(31)22-14-23-21(10-13-34-23)29(22)25(32)27(11-5-12-27)28-26(33)35-15-20-18-8-3-1-6-16(18)17-7-2-4-9-19(17)20/h1-4,6-9,20-23H,5,10-15H2,(H,28,33)(H,30,31). The molecule has 2 aliphatic heterocycles. The van der Waals surface area contributed by atoms with Crippen LogP contribution in [0.3, 0.4) is 0 Å². The fourth-order valence-electron chi connectivity index (χ4n) is 6.26. The molecule has 0 radical (unpaired) electrons. The number of hydrogen-bond donors (Lipinski definition) is 2. The molecule has 2 aliphatic carbocycles. The van der Waals surface area contributed by atoms with Gasteiger partial charge in [0.2, 0.25) is 5.91 Å². The molecule has 0 spiro atoms. The highest BCUT2D eigenvalue weighted by atomic mass is 16.5. The number of hydrogen-bond acceptors (Lipinski definition) is 5. The highest BCUT2D eigenvalue weighted by Gasteiger charge is 2.57. The number of benzene rings is 2. The number of likely N-dealkylation sites (tertiary alicyclic amines) is 1. The lowest BCUT2D eigenvalue weighted by molar-refractivity contribution is -0.154. The highest BCUT2D eigenvalue weighted by Crippen LogP contribution is 2.45. The SMILES string of the molecule is O=C(NC1(C(=O)N2C(C(=O)O)CC3OCCC32)CCC1)OCC1c2ccccc2-c2ccccc21. The zero-order valence-electron chi connectivity index (χ0n) is 19.3.